The molecule has 0 atom stereocenters. The Morgan fingerprint density at radius 2 is 1.76 bits per heavy atom. The second kappa shape index (κ2) is 8.13. The molecule has 0 saturated heterocycles. The predicted octanol–water partition coefficient (Wildman–Crippen LogP) is 4.00. The first-order valence-electron chi connectivity index (χ1n) is 6.69. The molecule has 17 heavy (non-hydrogen) atoms. The summed E-state index contributed by atoms with van der Waals surface area (Å²) in [5.41, 5.74) is 7.80. The first kappa shape index (κ1) is 14.0. The van der Waals surface area contributed by atoms with E-state index in [4.69, 9.17) is 10.5 Å². The van der Waals surface area contributed by atoms with Gasteiger partial charge in [-0.1, -0.05) is 44.9 Å². The number of benzene rings is 1. The van der Waals surface area contributed by atoms with Gasteiger partial charge in [-0.25, -0.2) is 0 Å². The first-order valence-corrected chi connectivity index (χ1v) is 6.69. The van der Waals surface area contributed by atoms with Crippen LogP contribution in [0.25, 0.3) is 0 Å². The van der Waals surface area contributed by atoms with E-state index < -0.39 is 0 Å². The zero-order valence-corrected chi connectivity index (χ0v) is 11.1. The first-order chi connectivity index (χ1) is 8.27. The normalized spacial score (nSPS) is 11.0. The van der Waals surface area contributed by atoms with Crippen LogP contribution in [0.2, 0.25) is 0 Å². The molecule has 0 saturated carbocycles. The van der Waals surface area contributed by atoms with Crippen LogP contribution in [0.3, 0.4) is 0 Å². The monoisotopic (exact) mass is 235 g/mol. The maximum absolute atomic E-state index is 5.87. The zero-order chi connectivity index (χ0) is 12.5. The van der Waals surface area contributed by atoms with Crippen LogP contribution < -0.4 is 5.73 Å². The number of nitrogen functional groups attached to an aromatic ring is 1. The molecule has 0 bridgehead atoms. The van der Waals surface area contributed by atoms with E-state index in [1.807, 2.05) is 24.3 Å². The second-order valence-electron chi connectivity index (χ2n) is 4.66. The van der Waals surface area contributed by atoms with E-state index in [9.17, 15) is 0 Å². The highest BCUT2D eigenvalue weighted by Gasteiger charge is 2.07. The van der Waals surface area contributed by atoms with Gasteiger partial charge in [0.2, 0.25) is 0 Å². The topological polar surface area (TPSA) is 35.2 Å². The summed E-state index contributed by atoms with van der Waals surface area (Å²) < 4.78 is 5.79. The van der Waals surface area contributed by atoms with Crippen LogP contribution in [-0.2, 0) is 11.3 Å². The van der Waals surface area contributed by atoms with Gasteiger partial charge in [-0.2, -0.15) is 0 Å². The minimum Gasteiger partial charge on any atom is -0.398 e. The smallest absolute Gasteiger partial charge is 0.0736 e. The molecule has 0 aromatic heterocycles. The molecule has 0 spiro atoms. The molecule has 0 fully saturated rings. The van der Waals surface area contributed by atoms with E-state index >= 15 is 0 Å². The quantitative estimate of drug-likeness (QED) is 0.691. The van der Waals surface area contributed by atoms with Gasteiger partial charge in [0.1, 0.15) is 0 Å². The van der Waals surface area contributed by atoms with Gasteiger partial charge in [0.05, 0.1) is 6.61 Å². The molecule has 0 unspecified atom stereocenters. The van der Waals surface area contributed by atoms with Crippen molar-refractivity contribution in [2.24, 2.45) is 5.92 Å². The van der Waals surface area contributed by atoms with Gasteiger partial charge in [0, 0.05) is 17.9 Å². The lowest BCUT2D eigenvalue weighted by Crippen LogP contribution is -2.10. The molecule has 2 N–H and O–H groups in total. The van der Waals surface area contributed by atoms with E-state index in [0.29, 0.717) is 12.5 Å². The highest BCUT2D eigenvalue weighted by molar-refractivity contribution is 5.45. The highest BCUT2D eigenvalue weighted by atomic mass is 16.5. The molecule has 1 rings (SSSR count). The zero-order valence-electron chi connectivity index (χ0n) is 11.1. The van der Waals surface area contributed by atoms with Gasteiger partial charge in [0.15, 0.2) is 0 Å². The molecule has 2 heteroatoms. The Bertz CT molecular complexity index is 306. The van der Waals surface area contributed by atoms with Crippen molar-refractivity contribution in [3.8, 4) is 0 Å². The van der Waals surface area contributed by atoms with Crippen LogP contribution in [0.1, 0.15) is 45.1 Å². The molecule has 2 nitrogen and oxygen atoms in total. The third-order valence-electron chi connectivity index (χ3n) is 3.06. The Balaban J connectivity index is 2.33. The number of anilines is 1. The number of para-hydroxylation sites is 1. The van der Waals surface area contributed by atoms with E-state index in [2.05, 4.69) is 13.8 Å². The van der Waals surface area contributed by atoms with Crippen molar-refractivity contribution in [2.75, 3.05) is 12.3 Å². The minimum absolute atomic E-state index is 0.636. The third-order valence-corrected chi connectivity index (χ3v) is 3.06. The summed E-state index contributed by atoms with van der Waals surface area (Å²) in [4.78, 5) is 0. The molecule has 0 heterocycles. The van der Waals surface area contributed by atoms with Crippen molar-refractivity contribution in [1.82, 2.24) is 0 Å². The van der Waals surface area contributed by atoms with Gasteiger partial charge in [0.25, 0.3) is 0 Å². The standard InChI is InChI=1S/C15H25NO/c1-3-7-13(8-4-2)11-17-12-14-9-5-6-10-15(14)16/h5-6,9-10,13H,3-4,7-8,11-12,16H2,1-2H3. The van der Waals surface area contributed by atoms with Gasteiger partial charge in [-0.05, 0) is 24.8 Å². The average molecular weight is 235 g/mol. The van der Waals surface area contributed by atoms with Crippen molar-refractivity contribution in [2.45, 2.75) is 46.1 Å². The Morgan fingerprint density at radius 1 is 1.12 bits per heavy atom. The summed E-state index contributed by atoms with van der Waals surface area (Å²) in [7, 11) is 0. The van der Waals surface area contributed by atoms with Crippen molar-refractivity contribution in [1.29, 1.82) is 0 Å². The molecule has 96 valence electrons. The fourth-order valence-electron chi connectivity index (χ4n) is 2.13. The van der Waals surface area contributed by atoms with Crippen LogP contribution >= 0.6 is 0 Å². The summed E-state index contributed by atoms with van der Waals surface area (Å²) in [5.74, 6) is 0.704. The number of hydrogen-bond acceptors (Lipinski definition) is 2. The van der Waals surface area contributed by atoms with Crippen molar-refractivity contribution >= 4 is 5.69 Å². The fraction of sp³-hybridized carbons (Fsp3) is 0.600. The van der Waals surface area contributed by atoms with E-state index in [0.717, 1.165) is 17.9 Å². The summed E-state index contributed by atoms with van der Waals surface area (Å²) in [6, 6.07) is 7.92. The largest absolute Gasteiger partial charge is 0.398 e. The Kier molecular flexibility index (Phi) is 6.71. The molecule has 0 aliphatic rings. The highest BCUT2D eigenvalue weighted by Crippen LogP contribution is 2.16. The molecule has 1 aromatic rings. The molecule has 1 aromatic carbocycles. The van der Waals surface area contributed by atoms with Gasteiger partial charge in [-0.15, -0.1) is 0 Å². The van der Waals surface area contributed by atoms with E-state index in [1.165, 1.54) is 25.7 Å². The minimum atomic E-state index is 0.636. The van der Waals surface area contributed by atoms with Crippen molar-refractivity contribution < 1.29 is 4.74 Å². The molecule has 0 radical (unpaired) electrons. The maximum atomic E-state index is 5.87. The average Bonchev–Trinajstić information content (AvgIpc) is 2.32. The van der Waals surface area contributed by atoms with Crippen LogP contribution in [0.15, 0.2) is 24.3 Å². The van der Waals surface area contributed by atoms with E-state index in [1.54, 1.807) is 0 Å². The molecular formula is C15H25NO. The lowest BCUT2D eigenvalue weighted by molar-refractivity contribution is 0.0809. The molecule has 0 amide bonds. The molecular weight excluding hydrogens is 210 g/mol. The second-order valence-corrected chi connectivity index (χ2v) is 4.66. The van der Waals surface area contributed by atoms with Gasteiger partial charge < -0.3 is 10.5 Å². The Labute approximate surface area is 105 Å². The van der Waals surface area contributed by atoms with Crippen LogP contribution in [0.4, 0.5) is 5.69 Å². The molecule has 0 aliphatic heterocycles. The Morgan fingerprint density at radius 3 is 2.35 bits per heavy atom. The summed E-state index contributed by atoms with van der Waals surface area (Å²) in [6.45, 7) is 5.96. The summed E-state index contributed by atoms with van der Waals surface area (Å²) in [5, 5.41) is 0. The SMILES string of the molecule is CCCC(CCC)COCc1ccccc1N. The third kappa shape index (κ3) is 5.22. The van der Waals surface area contributed by atoms with Crippen LogP contribution in [0.5, 0.6) is 0 Å². The molecule has 0 aliphatic carbocycles. The summed E-state index contributed by atoms with van der Waals surface area (Å²) >= 11 is 0. The summed E-state index contributed by atoms with van der Waals surface area (Å²) in [6.07, 6.45) is 5.00. The van der Waals surface area contributed by atoms with Crippen molar-refractivity contribution in [3.63, 3.8) is 0 Å². The van der Waals surface area contributed by atoms with Crippen LogP contribution in [0, 0.1) is 5.92 Å². The van der Waals surface area contributed by atoms with Gasteiger partial charge >= 0.3 is 0 Å². The number of ether oxygens (including phenoxy) is 1. The maximum Gasteiger partial charge on any atom is 0.0736 e. The van der Waals surface area contributed by atoms with Gasteiger partial charge in [-0.3, -0.25) is 0 Å². The lowest BCUT2D eigenvalue weighted by atomic mass is 9.99. The van der Waals surface area contributed by atoms with Crippen LogP contribution in [-0.4, -0.2) is 6.61 Å². The number of nitrogens with two attached hydrogens (primary N) is 1. The fourth-order valence-corrected chi connectivity index (χ4v) is 2.13. The number of hydrogen-bond donors (Lipinski definition) is 1. The Hall–Kier alpha value is -1.02. The van der Waals surface area contributed by atoms with Crippen molar-refractivity contribution in [3.05, 3.63) is 29.8 Å². The lowest BCUT2D eigenvalue weighted by Gasteiger charge is -2.15. The number of rotatable bonds is 8. The predicted molar refractivity (Wildman–Crippen MR) is 73.8 cm³/mol. The van der Waals surface area contributed by atoms with E-state index in [-0.39, 0.29) is 0 Å².